The molecule has 0 aromatic carbocycles. The minimum atomic E-state index is 0.408. The highest BCUT2D eigenvalue weighted by Crippen LogP contribution is 2.21. The molecule has 0 atom stereocenters. The second-order valence-corrected chi connectivity index (χ2v) is 5.76. The minimum Gasteiger partial charge on any atom is -0.349 e. The smallest absolute Gasteiger partial charge is 0.129 e. The molecule has 2 aromatic rings. The Labute approximate surface area is 117 Å². The summed E-state index contributed by atoms with van der Waals surface area (Å²) in [5, 5.41) is 2.11. The number of hydrogen-bond donors (Lipinski definition) is 0. The summed E-state index contributed by atoms with van der Waals surface area (Å²) in [5.41, 5.74) is 1.11. The van der Waals surface area contributed by atoms with Gasteiger partial charge in [0.2, 0.25) is 0 Å². The number of hydrogen-bond acceptors (Lipinski definition) is 3. The quantitative estimate of drug-likeness (QED) is 0.759. The average Bonchev–Trinajstić information content (AvgIpc) is 2.88. The van der Waals surface area contributed by atoms with Gasteiger partial charge in [-0.2, -0.15) is 0 Å². The van der Waals surface area contributed by atoms with Crippen LogP contribution >= 0.6 is 22.9 Å². The lowest BCUT2D eigenvalue weighted by Crippen LogP contribution is -2.30. The highest BCUT2D eigenvalue weighted by molar-refractivity contribution is 7.09. The normalized spacial score (nSPS) is 10.9. The number of pyridine rings is 1. The molecule has 0 fully saturated rings. The third kappa shape index (κ3) is 3.24. The van der Waals surface area contributed by atoms with Crippen molar-refractivity contribution in [2.24, 2.45) is 0 Å². The lowest BCUT2D eigenvalue weighted by molar-refractivity contribution is 0.676. The molecular formula is C14H17ClN2S. The average molecular weight is 281 g/mol. The maximum absolute atomic E-state index is 5.88. The highest BCUT2D eigenvalue weighted by Gasteiger charge is 2.13. The Morgan fingerprint density at radius 1 is 1.39 bits per heavy atom. The van der Waals surface area contributed by atoms with Crippen molar-refractivity contribution < 1.29 is 0 Å². The first-order valence-corrected chi connectivity index (χ1v) is 7.42. The van der Waals surface area contributed by atoms with E-state index in [0.717, 1.165) is 17.9 Å². The fourth-order valence-corrected chi connectivity index (χ4v) is 2.67. The maximum atomic E-state index is 5.88. The van der Waals surface area contributed by atoms with Gasteiger partial charge in [-0.05, 0) is 43.0 Å². The summed E-state index contributed by atoms with van der Waals surface area (Å²) in [7, 11) is 0. The number of anilines is 1. The van der Waals surface area contributed by atoms with E-state index >= 15 is 0 Å². The van der Waals surface area contributed by atoms with E-state index in [4.69, 9.17) is 11.6 Å². The summed E-state index contributed by atoms with van der Waals surface area (Å²) in [5.74, 6) is 1.53. The molecule has 0 unspecified atom stereocenters. The van der Waals surface area contributed by atoms with Crippen molar-refractivity contribution >= 4 is 28.8 Å². The Hall–Kier alpha value is -1.06. The van der Waals surface area contributed by atoms with Gasteiger partial charge in [-0.1, -0.05) is 6.07 Å². The van der Waals surface area contributed by atoms with E-state index in [-0.39, 0.29) is 0 Å². The number of aromatic nitrogens is 1. The van der Waals surface area contributed by atoms with E-state index in [1.807, 2.05) is 12.3 Å². The molecule has 0 bridgehead atoms. The van der Waals surface area contributed by atoms with Gasteiger partial charge in [0.25, 0.3) is 0 Å². The van der Waals surface area contributed by atoms with Crippen LogP contribution in [0, 0.1) is 0 Å². The van der Waals surface area contributed by atoms with E-state index in [0.29, 0.717) is 11.9 Å². The Kier molecular flexibility index (Phi) is 4.61. The van der Waals surface area contributed by atoms with Crippen LogP contribution in [-0.2, 0) is 12.4 Å². The predicted molar refractivity (Wildman–Crippen MR) is 79.4 cm³/mol. The van der Waals surface area contributed by atoms with Crippen molar-refractivity contribution in [3.63, 3.8) is 0 Å². The van der Waals surface area contributed by atoms with Gasteiger partial charge in [0, 0.05) is 23.0 Å². The van der Waals surface area contributed by atoms with Crippen LogP contribution in [0.1, 0.15) is 24.3 Å². The van der Waals surface area contributed by atoms with Crippen molar-refractivity contribution in [1.82, 2.24) is 4.98 Å². The molecule has 2 nitrogen and oxygen atoms in total. The number of rotatable bonds is 5. The van der Waals surface area contributed by atoms with E-state index in [2.05, 4.69) is 47.3 Å². The Morgan fingerprint density at radius 2 is 2.22 bits per heavy atom. The molecule has 0 N–H and O–H groups in total. The minimum absolute atomic E-state index is 0.408. The first-order valence-electron chi connectivity index (χ1n) is 6.00. The monoisotopic (exact) mass is 280 g/mol. The number of nitrogens with zero attached hydrogens (tertiary/aromatic N) is 2. The summed E-state index contributed by atoms with van der Waals surface area (Å²) in [6.45, 7) is 5.26. The Bertz CT molecular complexity index is 482. The first-order chi connectivity index (χ1) is 8.70. The topological polar surface area (TPSA) is 16.1 Å². The van der Waals surface area contributed by atoms with Gasteiger partial charge in [-0.15, -0.1) is 22.9 Å². The van der Waals surface area contributed by atoms with Crippen LogP contribution in [0.25, 0.3) is 0 Å². The summed E-state index contributed by atoms with van der Waals surface area (Å²) >= 11 is 7.66. The molecule has 2 aromatic heterocycles. The summed E-state index contributed by atoms with van der Waals surface area (Å²) in [4.78, 5) is 8.10. The molecule has 2 rings (SSSR count). The molecule has 2 heterocycles. The van der Waals surface area contributed by atoms with Crippen LogP contribution < -0.4 is 4.90 Å². The predicted octanol–water partition coefficient (Wildman–Crippen LogP) is 4.30. The van der Waals surface area contributed by atoms with Crippen LogP contribution in [0.3, 0.4) is 0 Å². The number of alkyl halides is 1. The molecule has 0 aliphatic rings. The van der Waals surface area contributed by atoms with Gasteiger partial charge < -0.3 is 4.90 Å². The van der Waals surface area contributed by atoms with Crippen LogP contribution in [0.5, 0.6) is 0 Å². The Balaban J connectivity index is 2.23. The third-order valence-corrected chi connectivity index (χ3v) is 3.96. The zero-order chi connectivity index (χ0) is 13.0. The summed E-state index contributed by atoms with van der Waals surface area (Å²) in [6, 6.07) is 8.68. The van der Waals surface area contributed by atoms with Crippen molar-refractivity contribution in [2.75, 3.05) is 4.90 Å². The van der Waals surface area contributed by atoms with E-state index in [1.165, 1.54) is 4.88 Å². The van der Waals surface area contributed by atoms with Gasteiger partial charge in [0.05, 0.1) is 6.54 Å². The van der Waals surface area contributed by atoms with E-state index in [9.17, 15) is 0 Å². The zero-order valence-electron chi connectivity index (χ0n) is 10.6. The molecule has 0 spiro atoms. The maximum Gasteiger partial charge on any atom is 0.129 e. The van der Waals surface area contributed by atoms with Crippen molar-refractivity contribution in [1.29, 1.82) is 0 Å². The molecule has 18 heavy (non-hydrogen) atoms. The summed E-state index contributed by atoms with van der Waals surface area (Å²) in [6.07, 6.45) is 1.83. The van der Waals surface area contributed by atoms with Gasteiger partial charge in [0.15, 0.2) is 0 Å². The van der Waals surface area contributed by atoms with Gasteiger partial charge >= 0.3 is 0 Å². The number of halogens is 1. The van der Waals surface area contributed by atoms with Crippen molar-refractivity contribution in [2.45, 2.75) is 32.3 Å². The van der Waals surface area contributed by atoms with Gasteiger partial charge in [-0.3, -0.25) is 0 Å². The lowest BCUT2D eigenvalue weighted by atomic mass is 10.2. The molecule has 0 aliphatic heterocycles. The van der Waals surface area contributed by atoms with Crippen molar-refractivity contribution in [3.8, 4) is 0 Å². The standard InChI is InChI=1S/C14H17ClN2S/c1-11(2)17(10-13-4-3-7-18-13)14-8-12(9-15)5-6-16-14/h3-8,11H,9-10H2,1-2H3. The molecule has 96 valence electrons. The highest BCUT2D eigenvalue weighted by atomic mass is 35.5. The van der Waals surface area contributed by atoms with Gasteiger partial charge in [0.1, 0.15) is 5.82 Å². The molecule has 0 radical (unpaired) electrons. The van der Waals surface area contributed by atoms with Crippen molar-refractivity contribution in [3.05, 3.63) is 46.3 Å². The first kappa shape index (κ1) is 13.4. The van der Waals surface area contributed by atoms with E-state index < -0.39 is 0 Å². The molecule has 4 heteroatoms. The van der Waals surface area contributed by atoms with E-state index in [1.54, 1.807) is 11.3 Å². The third-order valence-electron chi connectivity index (χ3n) is 2.79. The molecule has 0 saturated carbocycles. The lowest BCUT2D eigenvalue weighted by Gasteiger charge is -2.27. The second kappa shape index (κ2) is 6.21. The molecule has 0 aliphatic carbocycles. The largest absolute Gasteiger partial charge is 0.349 e. The van der Waals surface area contributed by atoms with Crippen LogP contribution in [0.4, 0.5) is 5.82 Å². The number of thiophene rings is 1. The zero-order valence-corrected chi connectivity index (χ0v) is 12.2. The van der Waals surface area contributed by atoms with Crippen LogP contribution in [0.15, 0.2) is 35.8 Å². The Morgan fingerprint density at radius 3 is 2.83 bits per heavy atom. The fourth-order valence-electron chi connectivity index (χ4n) is 1.80. The molecular weight excluding hydrogens is 264 g/mol. The van der Waals surface area contributed by atoms with Crippen LogP contribution in [-0.4, -0.2) is 11.0 Å². The van der Waals surface area contributed by atoms with Crippen LogP contribution in [0.2, 0.25) is 0 Å². The molecule has 0 amide bonds. The SMILES string of the molecule is CC(C)N(Cc1cccs1)c1cc(CCl)ccn1. The second-order valence-electron chi connectivity index (χ2n) is 4.46. The fraction of sp³-hybridized carbons (Fsp3) is 0.357. The van der Waals surface area contributed by atoms with Gasteiger partial charge in [-0.25, -0.2) is 4.98 Å². The summed E-state index contributed by atoms with van der Waals surface area (Å²) < 4.78 is 0. The molecule has 0 saturated heterocycles.